The second kappa shape index (κ2) is 4.85. The Kier molecular flexibility index (Phi) is 2.92. The van der Waals surface area contributed by atoms with Gasteiger partial charge in [0.1, 0.15) is 0 Å². The Labute approximate surface area is 132 Å². The second-order valence-electron chi connectivity index (χ2n) is 5.10. The van der Waals surface area contributed by atoms with Gasteiger partial charge < -0.3 is 9.47 Å². The zero-order valence-electron chi connectivity index (χ0n) is 11.8. The number of carbonyl (C=O) groups excluding carboxylic acids is 1. The molecule has 0 unspecified atom stereocenters. The monoisotopic (exact) mass is 329 g/mol. The molecule has 0 amide bonds. The normalized spacial score (nSPS) is 19.3. The number of ether oxygens (including phenoxy) is 2. The van der Waals surface area contributed by atoms with E-state index in [1.807, 2.05) is 0 Å². The van der Waals surface area contributed by atoms with Crippen LogP contribution in [-0.2, 0) is 10.0 Å². The van der Waals surface area contributed by atoms with Crippen molar-refractivity contribution in [2.45, 2.75) is 4.90 Å². The summed E-state index contributed by atoms with van der Waals surface area (Å²) in [5, 5.41) is 0. The number of benzene rings is 2. The van der Waals surface area contributed by atoms with E-state index in [1.54, 1.807) is 30.3 Å². The lowest BCUT2D eigenvalue weighted by Crippen LogP contribution is -2.34. The van der Waals surface area contributed by atoms with Gasteiger partial charge in [0.25, 0.3) is 10.0 Å². The van der Waals surface area contributed by atoms with Gasteiger partial charge in [-0.1, -0.05) is 18.2 Å². The van der Waals surface area contributed by atoms with E-state index in [1.165, 1.54) is 18.2 Å². The predicted octanol–water partition coefficient (Wildman–Crippen LogP) is 1.93. The maximum absolute atomic E-state index is 12.5. The second-order valence-corrected chi connectivity index (χ2v) is 6.75. The maximum Gasteiger partial charge on any atom is 0.262 e. The van der Waals surface area contributed by atoms with Crippen molar-refractivity contribution in [2.75, 3.05) is 6.79 Å². The Morgan fingerprint density at radius 1 is 1.04 bits per heavy atom. The molecule has 2 aromatic carbocycles. The molecular formula is C16H11NO5S. The van der Waals surface area contributed by atoms with Crippen molar-refractivity contribution in [3.63, 3.8) is 0 Å². The first-order valence-electron chi connectivity index (χ1n) is 6.82. The number of nitrogens with one attached hydrogen (secondary N) is 1. The van der Waals surface area contributed by atoms with Gasteiger partial charge in [-0.25, -0.2) is 8.42 Å². The summed E-state index contributed by atoms with van der Waals surface area (Å²) in [6.45, 7) is 0.147. The topological polar surface area (TPSA) is 81.7 Å². The molecule has 2 heterocycles. The Morgan fingerprint density at radius 2 is 1.83 bits per heavy atom. The van der Waals surface area contributed by atoms with E-state index in [0.717, 1.165) is 0 Å². The van der Waals surface area contributed by atoms with Gasteiger partial charge in [0, 0.05) is 5.56 Å². The van der Waals surface area contributed by atoms with Gasteiger partial charge in [-0.2, -0.15) is 0 Å². The zero-order valence-corrected chi connectivity index (χ0v) is 12.6. The molecule has 23 heavy (non-hydrogen) atoms. The number of hydrogen-bond acceptors (Lipinski definition) is 5. The first-order valence-corrected chi connectivity index (χ1v) is 8.31. The maximum atomic E-state index is 12.5. The predicted molar refractivity (Wildman–Crippen MR) is 81.6 cm³/mol. The van der Waals surface area contributed by atoms with Gasteiger partial charge in [0.15, 0.2) is 11.5 Å². The van der Waals surface area contributed by atoms with Gasteiger partial charge in [0.2, 0.25) is 12.6 Å². The van der Waals surface area contributed by atoms with Crippen LogP contribution in [0.2, 0.25) is 0 Å². The number of rotatable bonds is 1. The zero-order chi connectivity index (χ0) is 16.0. The standard InChI is InChI=1S/C16H11NO5S/c18-16-11-3-1-2-4-15(11)23(19,20)17-12(16)7-10-5-6-13-14(8-10)22-9-21-13/h1-8,17H,9H2. The molecule has 0 spiro atoms. The van der Waals surface area contributed by atoms with Crippen molar-refractivity contribution in [1.29, 1.82) is 0 Å². The van der Waals surface area contributed by atoms with E-state index in [4.69, 9.17) is 9.47 Å². The molecule has 2 aliphatic rings. The molecule has 0 saturated carbocycles. The van der Waals surface area contributed by atoms with E-state index in [2.05, 4.69) is 4.72 Å². The number of fused-ring (bicyclic) bond motifs is 2. The minimum atomic E-state index is -3.75. The quantitative estimate of drug-likeness (QED) is 0.809. The molecule has 116 valence electrons. The van der Waals surface area contributed by atoms with Crippen molar-refractivity contribution in [1.82, 2.24) is 4.72 Å². The Morgan fingerprint density at radius 3 is 2.70 bits per heavy atom. The molecule has 2 aromatic rings. The number of allylic oxidation sites excluding steroid dienone is 1. The Bertz CT molecular complexity index is 962. The Hall–Kier alpha value is -2.80. The lowest BCUT2D eigenvalue weighted by molar-refractivity contribution is 0.102. The van der Waals surface area contributed by atoms with Crippen LogP contribution in [0.1, 0.15) is 15.9 Å². The van der Waals surface area contributed by atoms with Crippen LogP contribution in [0.5, 0.6) is 11.5 Å². The van der Waals surface area contributed by atoms with Crippen molar-refractivity contribution in [2.24, 2.45) is 0 Å². The fourth-order valence-electron chi connectivity index (χ4n) is 2.54. The highest BCUT2D eigenvalue weighted by Crippen LogP contribution is 2.33. The van der Waals surface area contributed by atoms with Crippen LogP contribution in [0, 0.1) is 0 Å². The molecule has 6 nitrogen and oxygen atoms in total. The van der Waals surface area contributed by atoms with Crippen molar-refractivity contribution >= 4 is 21.9 Å². The Balaban J connectivity index is 1.80. The van der Waals surface area contributed by atoms with Crippen molar-refractivity contribution in [3.05, 3.63) is 59.3 Å². The SMILES string of the molecule is O=C1C(=Cc2ccc3c(c2)OCO3)NS(=O)(=O)c2ccccc21. The molecule has 1 N–H and O–H groups in total. The van der Waals surface area contributed by atoms with Crippen LogP contribution < -0.4 is 14.2 Å². The van der Waals surface area contributed by atoms with Crippen LogP contribution in [0.15, 0.2) is 53.1 Å². The van der Waals surface area contributed by atoms with Crippen molar-refractivity contribution < 1.29 is 22.7 Å². The average Bonchev–Trinajstić information content (AvgIpc) is 3.00. The van der Waals surface area contributed by atoms with E-state index in [-0.39, 0.29) is 28.7 Å². The highest BCUT2D eigenvalue weighted by atomic mass is 32.2. The molecule has 0 aliphatic carbocycles. The van der Waals surface area contributed by atoms with Gasteiger partial charge >= 0.3 is 0 Å². The number of hydrogen-bond donors (Lipinski definition) is 1. The third-order valence-electron chi connectivity index (χ3n) is 3.62. The summed E-state index contributed by atoms with van der Waals surface area (Å²) in [7, 11) is -3.75. The molecule has 0 atom stereocenters. The van der Waals surface area contributed by atoms with Crippen LogP contribution in [0.25, 0.3) is 6.08 Å². The average molecular weight is 329 g/mol. The first-order chi connectivity index (χ1) is 11.0. The van der Waals surface area contributed by atoms with Crippen LogP contribution in [-0.4, -0.2) is 21.0 Å². The van der Waals surface area contributed by atoms with Gasteiger partial charge in [-0.15, -0.1) is 0 Å². The third-order valence-corrected chi connectivity index (χ3v) is 5.04. The van der Waals surface area contributed by atoms with Gasteiger partial charge in [-0.05, 0) is 35.9 Å². The summed E-state index contributed by atoms with van der Waals surface area (Å²) in [6.07, 6.45) is 1.48. The number of carbonyl (C=O) groups is 1. The summed E-state index contributed by atoms with van der Waals surface area (Å²) in [6, 6.07) is 11.3. The minimum absolute atomic E-state index is 0.00238. The summed E-state index contributed by atoms with van der Waals surface area (Å²) >= 11 is 0. The number of ketones is 1. The molecule has 4 rings (SSSR count). The van der Waals surface area contributed by atoms with E-state index < -0.39 is 10.0 Å². The van der Waals surface area contributed by atoms with Gasteiger partial charge in [0.05, 0.1) is 10.6 Å². The van der Waals surface area contributed by atoms with Crippen LogP contribution >= 0.6 is 0 Å². The molecule has 0 fully saturated rings. The fourth-order valence-corrected chi connectivity index (χ4v) is 3.80. The summed E-state index contributed by atoms with van der Waals surface area (Å²) < 4.78 is 37.3. The first kappa shape index (κ1) is 13.8. The molecule has 0 saturated heterocycles. The van der Waals surface area contributed by atoms with E-state index in [9.17, 15) is 13.2 Å². The van der Waals surface area contributed by atoms with Gasteiger partial charge in [-0.3, -0.25) is 9.52 Å². The fraction of sp³-hybridized carbons (Fsp3) is 0.0625. The molecule has 0 bridgehead atoms. The molecular weight excluding hydrogens is 318 g/mol. The van der Waals surface area contributed by atoms with E-state index in [0.29, 0.717) is 17.1 Å². The highest BCUT2D eigenvalue weighted by molar-refractivity contribution is 7.90. The number of sulfonamides is 1. The molecule has 0 radical (unpaired) electrons. The molecule has 7 heteroatoms. The van der Waals surface area contributed by atoms with Crippen molar-refractivity contribution in [3.8, 4) is 11.5 Å². The van der Waals surface area contributed by atoms with Crippen LogP contribution in [0.4, 0.5) is 0 Å². The molecule has 2 aliphatic heterocycles. The third kappa shape index (κ3) is 2.25. The summed E-state index contributed by atoms with van der Waals surface area (Å²) in [5.41, 5.74) is 0.806. The van der Waals surface area contributed by atoms with Crippen LogP contribution in [0.3, 0.4) is 0 Å². The minimum Gasteiger partial charge on any atom is -0.454 e. The highest BCUT2D eigenvalue weighted by Gasteiger charge is 2.31. The largest absolute Gasteiger partial charge is 0.454 e. The summed E-state index contributed by atoms with van der Waals surface area (Å²) in [5.74, 6) is 0.812. The number of Topliss-reactive ketones (excluding diaryl/α,β-unsaturated/α-hetero) is 1. The van der Waals surface area contributed by atoms with E-state index >= 15 is 0 Å². The summed E-state index contributed by atoms with van der Waals surface area (Å²) in [4.78, 5) is 12.5. The molecule has 0 aromatic heterocycles. The smallest absolute Gasteiger partial charge is 0.262 e. The lowest BCUT2D eigenvalue weighted by atomic mass is 10.1. The lowest BCUT2D eigenvalue weighted by Gasteiger charge is -2.19.